The molecule has 0 radical (unpaired) electrons. The van der Waals surface area contributed by atoms with E-state index in [1.807, 2.05) is 0 Å². The minimum absolute atomic E-state index is 0.778. The van der Waals surface area contributed by atoms with E-state index in [9.17, 15) is 0 Å². The molecule has 0 heterocycles. The first-order valence-corrected chi connectivity index (χ1v) is 9.75. The summed E-state index contributed by atoms with van der Waals surface area (Å²) in [6.45, 7) is 14.2. The molecule has 0 aromatic heterocycles. The Morgan fingerprint density at radius 3 is 2.33 bits per heavy atom. The second kappa shape index (κ2) is 10.6. The lowest BCUT2D eigenvalue weighted by atomic mass is 9.69. The molecule has 3 atom stereocenters. The van der Waals surface area contributed by atoms with Crippen LogP contribution in [0.2, 0.25) is 0 Å². The lowest BCUT2D eigenvalue weighted by molar-refractivity contribution is 0.134. The van der Waals surface area contributed by atoms with Crippen molar-refractivity contribution in [2.24, 2.45) is 29.6 Å². The zero-order chi connectivity index (χ0) is 15.7. The van der Waals surface area contributed by atoms with Crippen LogP contribution in [-0.4, -0.2) is 13.1 Å². The second-order valence-electron chi connectivity index (χ2n) is 8.24. The second-order valence-corrected chi connectivity index (χ2v) is 8.24. The summed E-state index contributed by atoms with van der Waals surface area (Å²) < 4.78 is 0. The van der Waals surface area contributed by atoms with Gasteiger partial charge >= 0.3 is 0 Å². The van der Waals surface area contributed by atoms with Crippen molar-refractivity contribution in [3.05, 3.63) is 0 Å². The Hall–Kier alpha value is -0.0400. The van der Waals surface area contributed by atoms with Crippen molar-refractivity contribution in [2.45, 2.75) is 86.0 Å². The minimum Gasteiger partial charge on any atom is -0.316 e. The molecule has 0 aromatic carbocycles. The summed E-state index contributed by atoms with van der Waals surface area (Å²) >= 11 is 0. The van der Waals surface area contributed by atoms with Gasteiger partial charge in [-0.25, -0.2) is 0 Å². The Kier molecular flexibility index (Phi) is 9.64. The normalized spacial score (nSPS) is 26.7. The van der Waals surface area contributed by atoms with Crippen molar-refractivity contribution in [1.29, 1.82) is 0 Å². The molecule has 1 aliphatic carbocycles. The van der Waals surface area contributed by atoms with Gasteiger partial charge in [0.25, 0.3) is 0 Å². The van der Waals surface area contributed by atoms with Gasteiger partial charge in [-0.2, -0.15) is 0 Å². The molecule has 1 aliphatic rings. The lowest BCUT2D eigenvalue weighted by Crippen LogP contribution is -2.35. The molecule has 0 aromatic rings. The zero-order valence-corrected chi connectivity index (χ0v) is 15.5. The maximum atomic E-state index is 3.73. The van der Waals surface area contributed by atoms with Crippen LogP contribution in [0.4, 0.5) is 0 Å². The highest BCUT2D eigenvalue weighted by Gasteiger charge is 2.31. The van der Waals surface area contributed by atoms with Gasteiger partial charge in [0, 0.05) is 0 Å². The van der Waals surface area contributed by atoms with Crippen LogP contribution in [0.5, 0.6) is 0 Å². The summed E-state index contributed by atoms with van der Waals surface area (Å²) in [4.78, 5) is 0. The Bertz CT molecular complexity index is 244. The Balaban J connectivity index is 2.41. The fraction of sp³-hybridized carbons (Fsp3) is 1.00. The first-order valence-electron chi connectivity index (χ1n) is 9.75. The van der Waals surface area contributed by atoms with Crippen LogP contribution in [0.1, 0.15) is 86.0 Å². The summed E-state index contributed by atoms with van der Waals surface area (Å²) in [6.07, 6.45) is 11.6. The van der Waals surface area contributed by atoms with E-state index in [0.717, 1.165) is 29.6 Å². The van der Waals surface area contributed by atoms with Crippen molar-refractivity contribution in [3.63, 3.8) is 0 Å². The molecule has 21 heavy (non-hydrogen) atoms. The van der Waals surface area contributed by atoms with Gasteiger partial charge in [-0.05, 0) is 61.9 Å². The highest BCUT2D eigenvalue weighted by Crippen LogP contribution is 2.39. The van der Waals surface area contributed by atoms with Crippen molar-refractivity contribution in [3.8, 4) is 0 Å². The summed E-state index contributed by atoms with van der Waals surface area (Å²) in [6, 6.07) is 0. The average Bonchev–Trinajstić information content (AvgIpc) is 2.44. The molecule has 1 rings (SSSR count). The molecule has 0 saturated heterocycles. The van der Waals surface area contributed by atoms with Gasteiger partial charge < -0.3 is 5.32 Å². The smallest absolute Gasteiger partial charge is 0.00178 e. The number of hydrogen-bond donors (Lipinski definition) is 1. The van der Waals surface area contributed by atoms with Gasteiger partial charge in [-0.1, -0.05) is 66.7 Å². The zero-order valence-electron chi connectivity index (χ0n) is 15.5. The molecule has 0 spiro atoms. The summed E-state index contributed by atoms with van der Waals surface area (Å²) in [5.74, 6) is 4.58. The Labute approximate surface area is 134 Å². The maximum Gasteiger partial charge on any atom is -0.00178 e. The van der Waals surface area contributed by atoms with Crippen LogP contribution < -0.4 is 5.32 Å². The molecule has 1 fully saturated rings. The van der Waals surface area contributed by atoms with Crippen LogP contribution in [0.25, 0.3) is 0 Å². The van der Waals surface area contributed by atoms with Gasteiger partial charge in [0.15, 0.2) is 0 Å². The third kappa shape index (κ3) is 7.68. The number of rotatable bonds is 10. The maximum absolute atomic E-state index is 3.73. The van der Waals surface area contributed by atoms with E-state index in [0.29, 0.717) is 0 Å². The van der Waals surface area contributed by atoms with E-state index in [2.05, 4.69) is 39.9 Å². The summed E-state index contributed by atoms with van der Waals surface area (Å²) in [7, 11) is 0. The molecule has 3 unspecified atom stereocenters. The highest BCUT2D eigenvalue weighted by atomic mass is 14.9. The SMILES string of the molecule is CCCCCCC1CC(C(C)C)CCC1CNCC(C)C. The summed E-state index contributed by atoms with van der Waals surface area (Å²) in [5, 5.41) is 3.73. The van der Waals surface area contributed by atoms with Crippen LogP contribution in [-0.2, 0) is 0 Å². The third-order valence-corrected chi connectivity index (χ3v) is 5.51. The van der Waals surface area contributed by atoms with Crippen LogP contribution >= 0.6 is 0 Å². The van der Waals surface area contributed by atoms with Crippen LogP contribution in [0, 0.1) is 29.6 Å². The molecule has 126 valence electrons. The highest BCUT2D eigenvalue weighted by molar-refractivity contribution is 4.83. The molecular weight excluding hydrogens is 254 g/mol. The topological polar surface area (TPSA) is 12.0 Å². The number of unbranched alkanes of at least 4 members (excludes halogenated alkanes) is 3. The fourth-order valence-electron chi connectivity index (χ4n) is 3.98. The predicted molar refractivity (Wildman–Crippen MR) is 95.6 cm³/mol. The standard InChI is InChI=1S/C20H41N/c1-6-7-8-9-10-19-13-18(17(4)5)11-12-20(19)15-21-14-16(2)3/h16-21H,6-15H2,1-5H3. The third-order valence-electron chi connectivity index (χ3n) is 5.51. The summed E-state index contributed by atoms with van der Waals surface area (Å²) in [5.41, 5.74) is 0. The van der Waals surface area contributed by atoms with Gasteiger partial charge in [-0.15, -0.1) is 0 Å². The van der Waals surface area contributed by atoms with E-state index in [1.165, 1.54) is 64.5 Å². The fourth-order valence-corrected chi connectivity index (χ4v) is 3.98. The van der Waals surface area contributed by atoms with E-state index in [1.54, 1.807) is 0 Å². The van der Waals surface area contributed by atoms with Crippen molar-refractivity contribution in [1.82, 2.24) is 5.32 Å². The molecule has 1 saturated carbocycles. The average molecular weight is 296 g/mol. The van der Waals surface area contributed by atoms with Gasteiger partial charge in [0.1, 0.15) is 0 Å². The van der Waals surface area contributed by atoms with Crippen molar-refractivity contribution >= 4 is 0 Å². The number of hydrogen-bond acceptors (Lipinski definition) is 1. The molecule has 1 nitrogen and oxygen atoms in total. The molecule has 0 bridgehead atoms. The molecule has 0 amide bonds. The van der Waals surface area contributed by atoms with E-state index in [-0.39, 0.29) is 0 Å². The van der Waals surface area contributed by atoms with Crippen molar-refractivity contribution in [2.75, 3.05) is 13.1 Å². The predicted octanol–water partition coefficient (Wildman–Crippen LogP) is 5.89. The van der Waals surface area contributed by atoms with Crippen LogP contribution in [0.3, 0.4) is 0 Å². The number of nitrogens with one attached hydrogen (secondary N) is 1. The Morgan fingerprint density at radius 2 is 1.71 bits per heavy atom. The monoisotopic (exact) mass is 295 g/mol. The quantitative estimate of drug-likeness (QED) is 0.495. The molecular formula is C20H41N. The molecule has 0 aliphatic heterocycles. The van der Waals surface area contributed by atoms with Gasteiger partial charge in [0.2, 0.25) is 0 Å². The van der Waals surface area contributed by atoms with Crippen LogP contribution in [0.15, 0.2) is 0 Å². The van der Waals surface area contributed by atoms with E-state index >= 15 is 0 Å². The minimum atomic E-state index is 0.778. The van der Waals surface area contributed by atoms with E-state index < -0.39 is 0 Å². The first kappa shape index (κ1) is 19.0. The molecule has 1 heteroatoms. The first-order chi connectivity index (χ1) is 10.0. The largest absolute Gasteiger partial charge is 0.316 e. The Morgan fingerprint density at radius 1 is 0.952 bits per heavy atom. The van der Waals surface area contributed by atoms with E-state index in [4.69, 9.17) is 0 Å². The van der Waals surface area contributed by atoms with Gasteiger partial charge in [0.05, 0.1) is 0 Å². The molecule has 1 N–H and O–H groups in total. The van der Waals surface area contributed by atoms with Crippen molar-refractivity contribution < 1.29 is 0 Å². The van der Waals surface area contributed by atoms with Gasteiger partial charge in [-0.3, -0.25) is 0 Å². The lowest BCUT2D eigenvalue weighted by Gasteiger charge is -2.38.